The van der Waals surface area contributed by atoms with Gasteiger partial charge in [-0.2, -0.15) is 10.2 Å². The van der Waals surface area contributed by atoms with Gasteiger partial charge < -0.3 is 21.2 Å². The second-order valence-corrected chi connectivity index (χ2v) is 6.68. The number of hydrogen-bond acceptors (Lipinski definition) is 9. The number of benzene rings is 1. The lowest BCUT2D eigenvalue weighted by Crippen LogP contribution is -2.15. The molecule has 1 aromatic carbocycles. The molecule has 1 unspecified atom stereocenters. The summed E-state index contributed by atoms with van der Waals surface area (Å²) in [4.78, 5) is 22.0. The number of nitro groups is 1. The number of aromatic nitrogens is 3. The molecule has 0 aliphatic carbocycles. The number of nitrogens with two attached hydrogens (primary N) is 2. The van der Waals surface area contributed by atoms with Crippen molar-refractivity contribution in [1.29, 1.82) is 5.26 Å². The van der Waals surface area contributed by atoms with E-state index >= 15 is 0 Å². The molecule has 0 bridgehead atoms. The number of nitro benzene ring substituents is 1. The summed E-state index contributed by atoms with van der Waals surface area (Å²) >= 11 is 1.28. The van der Waals surface area contributed by atoms with Crippen molar-refractivity contribution in [3.05, 3.63) is 57.4 Å². The lowest BCUT2D eigenvalue weighted by Gasteiger charge is -2.28. The van der Waals surface area contributed by atoms with Crippen LogP contribution in [-0.2, 0) is 0 Å². The summed E-state index contributed by atoms with van der Waals surface area (Å²) < 4.78 is 5.78. The van der Waals surface area contributed by atoms with Gasteiger partial charge in [-0.05, 0) is 6.07 Å². The minimum atomic E-state index is -0.532. The Morgan fingerprint density at radius 3 is 2.89 bits per heavy atom. The van der Waals surface area contributed by atoms with E-state index < -0.39 is 10.2 Å². The first-order valence-electron chi connectivity index (χ1n) is 7.60. The first-order valence-corrected chi connectivity index (χ1v) is 8.48. The minimum absolute atomic E-state index is 0.0382. The lowest BCUT2D eigenvalue weighted by molar-refractivity contribution is -0.384. The highest BCUT2D eigenvalue weighted by Crippen LogP contribution is 2.53. The van der Waals surface area contributed by atoms with Crippen LogP contribution in [0.2, 0.25) is 0 Å². The number of thioether (sulfide) groups is 1. The number of ether oxygens (including phenoxy) is 1. The number of nitriles is 1. The van der Waals surface area contributed by atoms with Gasteiger partial charge in [0.25, 0.3) is 5.69 Å². The molecule has 0 fully saturated rings. The Kier molecular flexibility index (Phi) is 3.82. The highest BCUT2D eigenvalue weighted by molar-refractivity contribution is 7.99. The number of imidazole rings is 1. The monoisotopic (exact) mass is 381 g/mol. The summed E-state index contributed by atoms with van der Waals surface area (Å²) in [6.07, 6.45) is 3.24. The zero-order valence-electron chi connectivity index (χ0n) is 13.5. The summed E-state index contributed by atoms with van der Waals surface area (Å²) in [7, 11) is 0. The van der Waals surface area contributed by atoms with Crippen LogP contribution in [0.4, 0.5) is 17.2 Å². The van der Waals surface area contributed by atoms with Crippen molar-refractivity contribution in [3.8, 4) is 17.7 Å². The molecule has 10 nitrogen and oxygen atoms in total. The maximum atomic E-state index is 11.2. The average Bonchev–Trinajstić information content (AvgIpc) is 3.14. The van der Waals surface area contributed by atoms with Gasteiger partial charge in [0, 0.05) is 30.1 Å². The van der Waals surface area contributed by atoms with Gasteiger partial charge in [-0.25, -0.2) is 4.98 Å². The standard InChI is InChI=1S/C16H11N7O3S/c17-6-9-12(18)11-13(27-16-20-3-4-21-16)8-5-7(23(24)25)1-2-10(8)26-15(11)22-14(9)19/h1-5,13H,(H,20,21)(H4,18,19,22). The fourth-order valence-electron chi connectivity index (χ4n) is 2.82. The number of nitrogens with zero attached hydrogens (tertiary/aromatic N) is 4. The van der Waals surface area contributed by atoms with Gasteiger partial charge in [-0.1, -0.05) is 11.8 Å². The molecule has 1 aliphatic rings. The van der Waals surface area contributed by atoms with Crippen molar-refractivity contribution in [2.75, 3.05) is 11.5 Å². The number of non-ortho nitro benzene ring substituents is 1. The number of aromatic amines is 1. The third kappa shape index (κ3) is 2.68. The van der Waals surface area contributed by atoms with Crippen molar-refractivity contribution in [3.63, 3.8) is 0 Å². The van der Waals surface area contributed by atoms with Crippen LogP contribution in [0.1, 0.15) is 21.9 Å². The van der Waals surface area contributed by atoms with Crippen LogP contribution in [0.5, 0.6) is 11.6 Å². The maximum Gasteiger partial charge on any atom is 0.270 e. The summed E-state index contributed by atoms with van der Waals surface area (Å²) in [5.41, 5.74) is 13.0. The Bertz CT molecular complexity index is 1110. The highest BCUT2D eigenvalue weighted by Gasteiger charge is 2.35. The Morgan fingerprint density at radius 2 is 2.22 bits per heavy atom. The minimum Gasteiger partial charge on any atom is -0.438 e. The van der Waals surface area contributed by atoms with E-state index in [1.54, 1.807) is 12.4 Å². The molecular weight excluding hydrogens is 370 g/mol. The smallest absolute Gasteiger partial charge is 0.270 e. The second-order valence-electron chi connectivity index (χ2n) is 5.59. The van der Waals surface area contributed by atoms with Gasteiger partial charge in [-0.3, -0.25) is 10.1 Å². The number of nitrogens with one attached hydrogen (secondary N) is 1. The fourth-order valence-corrected chi connectivity index (χ4v) is 3.96. The van der Waals surface area contributed by atoms with Crippen LogP contribution < -0.4 is 16.2 Å². The number of nitrogen functional groups attached to an aromatic ring is 2. The van der Waals surface area contributed by atoms with E-state index in [9.17, 15) is 15.4 Å². The molecule has 27 heavy (non-hydrogen) atoms. The molecule has 2 aromatic heterocycles. The third-order valence-corrected chi connectivity index (χ3v) is 5.21. The summed E-state index contributed by atoms with van der Waals surface area (Å²) in [5, 5.41) is 20.6. The van der Waals surface area contributed by atoms with E-state index in [4.69, 9.17) is 16.2 Å². The molecule has 0 amide bonds. The van der Waals surface area contributed by atoms with Gasteiger partial charge in [0.15, 0.2) is 5.16 Å². The van der Waals surface area contributed by atoms with Crippen LogP contribution in [0.3, 0.4) is 0 Å². The molecular formula is C16H11N7O3S. The van der Waals surface area contributed by atoms with Gasteiger partial charge in [0.05, 0.1) is 21.4 Å². The van der Waals surface area contributed by atoms with E-state index in [0.29, 0.717) is 22.0 Å². The van der Waals surface area contributed by atoms with Gasteiger partial charge in [0.2, 0.25) is 5.88 Å². The molecule has 4 rings (SSSR count). The summed E-state index contributed by atoms with van der Waals surface area (Å²) in [6, 6.07) is 6.20. The number of pyridine rings is 1. The Morgan fingerprint density at radius 1 is 1.41 bits per heavy atom. The van der Waals surface area contributed by atoms with Gasteiger partial charge in [0.1, 0.15) is 23.2 Å². The average molecular weight is 381 g/mol. The van der Waals surface area contributed by atoms with Crippen LogP contribution in [-0.4, -0.2) is 19.9 Å². The lowest BCUT2D eigenvalue weighted by atomic mass is 9.98. The summed E-state index contributed by atoms with van der Waals surface area (Å²) in [5.74, 6) is 0.517. The number of rotatable bonds is 3. The van der Waals surface area contributed by atoms with Crippen LogP contribution >= 0.6 is 11.8 Å². The highest BCUT2D eigenvalue weighted by atomic mass is 32.2. The van der Waals surface area contributed by atoms with Crippen LogP contribution in [0, 0.1) is 21.4 Å². The number of anilines is 2. The van der Waals surface area contributed by atoms with Gasteiger partial charge in [-0.15, -0.1) is 0 Å². The molecule has 0 spiro atoms. The van der Waals surface area contributed by atoms with Crippen LogP contribution in [0.25, 0.3) is 0 Å². The first-order chi connectivity index (χ1) is 13.0. The molecule has 3 aromatic rings. The van der Waals surface area contributed by atoms with E-state index in [2.05, 4.69) is 15.0 Å². The quantitative estimate of drug-likeness (QED) is 0.456. The van der Waals surface area contributed by atoms with E-state index in [-0.39, 0.29) is 28.6 Å². The van der Waals surface area contributed by atoms with Crippen molar-refractivity contribution >= 4 is 29.0 Å². The molecule has 0 radical (unpaired) electrons. The topological polar surface area (TPSA) is 170 Å². The molecule has 134 valence electrons. The number of H-pyrrole nitrogens is 1. The van der Waals surface area contributed by atoms with E-state index in [0.717, 1.165) is 0 Å². The molecule has 0 saturated heterocycles. The maximum absolute atomic E-state index is 11.2. The first kappa shape index (κ1) is 16.7. The zero-order chi connectivity index (χ0) is 19.1. The fraction of sp³-hybridized carbons (Fsp3) is 0.0625. The number of fused-ring (bicyclic) bond motifs is 2. The molecule has 11 heteroatoms. The predicted octanol–water partition coefficient (Wildman–Crippen LogP) is 2.74. The normalized spacial score (nSPS) is 14.6. The predicted molar refractivity (Wildman–Crippen MR) is 97.2 cm³/mol. The molecule has 1 aliphatic heterocycles. The SMILES string of the molecule is N#Cc1c(N)nc2c(c1N)C(Sc1ncc[nH]1)c1cc([N+](=O)[O-])ccc1O2. The van der Waals surface area contributed by atoms with Crippen molar-refractivity contribution < 1.29 is 9.66 Å². The molecule has 1 atom stereocenters. The van der Waals surface area contributed by atoms with Crippen molar-refractivity contribution in [2.24, 2.45) is 0 Å². The van der Waals surface area contributed by atoms with E-state index in [1.807, 2.05) is 6.07 Å². The number of hydrogen-bond donors (Lipinski definition) is 3. The van der Waals surface area contributed by atoms with Crippen molar-refractivity contribution in [2.45, 2.75) is 10.4 Å². The molecule has 0 saturated carbocycles. The van der Waals surface area contributed by atoms with Gasteiger partial charge >= 0.3 is 0 Å². The summed E-state index contributed by atoms with van der Waals surface area (Å²) in [6.45, 7) is 0. The largest absolute Gasteiger partial charge is 0.438 e. The van der Waals surface area contributed by atoms with Crippen molar-refractivity contribution in [1.82, 2.24) is 15.0 Å². The third-order valence-electron chi connectivity index (χ3n) is 4.04. The zero-order valence-corrected chi connectivity index (χ0v) is 14.4. The van der Waals surface area contributed by atoms with Crippen LogP contribution in [0.15, 0.2) is 35.7 Å². The van der Waals surface area contributed by atoms with E-state index in [1.165, 1.54) is 30.0 Å². The Labute approximate surface area is 156 Å². The molecule has 3 heterocycles. The molecule has 5 N–H and O–H groups in total. The Balaban J connectivity index is 1.95. The Hall–Kier alpha value is -3.78. The second kappa shape index (κ2) is 6.19.